The molecule has 1 aromatic heterocycles. The van der Waals surface area contributed by atoms with Gasteiger partial charge in [-0.25, -0.2) is 4.79 Å². The number of benzene rings is 3. The molecule has 4 aromatic rings. The molecule has 3 aromatic carbocycles. The molecule has 0 atom stereocenters. The summed E-state index contributed by atoms with van der Waals surface area (Å²) in [5, 5.41) is 0.417. The lowest BCUT2D eigenvalue weighted by Gasteiger charge is -2.13. The van der Waals surface area contributed by atoms with Crippen LogP contribution in [-0.2, 0) is 26.9 Å². The zero-order valence-electron chi connectivity index (χ0n) is 21.5. The van der Waals surface area contributed by atoms with Crippen LogP contribution in [0.2, 0.25) is 0 Å². The Bertz CT molecular complexity index is 1580. The largest absolute Gasteiger partial charge is 0.466 e. The Morgan fingerprint density at radius 1 is 0.875 bits per heavy atom. The molecule has 0 aliphatic carbocycles. The van der Waals surface area contributed by atoms with Crippen molar-refractivity contribution < 1.29 is 46.4 Å². The summed E-state index contributed by atoms with van der Waals surface area (Å²) < 4.78 is 67.9. The van der Waals surface area contributed by atoms with Gasteiger partial charge < -0.3 is 28.3 Å². The number of alkyl halides is 3. The summed E-state index contributed by atoms with van der Waals surface area (Å²) in [6, 6.07) is 14.4. The number of hydrogen-bond donors (Lipinski definition) is 0. The summed E-state index contributed by atoms with van der Waals surface area (Å²) >= 11 is 0. The van der Waals surface area contributed by atoms with Crippen molar-refractivity contribution in [1.82, 2.24) is 4.57 Å². The minimum absolute atomic E-state index is 0.0691. The summed E-state index contributed by atoms with van der Waals surface area (Å²) in [6.45, 7) is 3.67. The number of hydrogen-bond acceptors (Lipinski definition) is 7. The van der Waals surface area contributed by atoms with Crippen molar-refractivity contribution >= 4 is 22.8 Å². The number of aromatic nitrogens is 1. The highest BCUT2D eigenvalue weighted by Crippen LogP contribution is 2.39. The SMILES string of the molecule is CCOC(=O)Cc1c(C(=O)OCC)c2cc(Oc3ccc(C(F)(F)F)cc3)ccc2n1-c1ccc2c(c1)OCO2. The van der Waals surface area contributed by atoms with Crippen molar-refractivity contribution in [3.63, 3.8) is 0 Å². The molecule has 0 saturated carbocycles. The van der Waals surface area contributed by atoms with Crippen molar-refractivity contribution in [3.8, 4) is 28.7 Å². The third kappa shape index (κ3) is 5.27. The molecule has 1 aliphatic heterocycles. The molecule has 0 fully saturated rings. The van der Waals surface area contributed by atoms with E-state index in [1.165, 1.54) is 12.1 Å². The van der Waals surface area contributed by atoms with Gasteiger partial charge in [-0.3, -0.25) is 4.79 Å². The molecule has 5 rings (SSSR count). The first-order chi connectivity index (χ1) is 19.2. The lowest BCUT2D eigenvalue weighted by molar-refractivity contribution is -0.142. The fourth-order valence-corrected chi connectivity index (χ4v) is 4.50. The Labute approximate surface area is 226 Å². The van der Waals surface area contributed by atoms with E-state index in [1.807, 2.05) is 0 Å². The van der Waals surface area contributed by atoms with Crippen LogP contribution in [0.15, 0.2) is 60.7 Å². The van der Waals surface area contributed by atoms with Crippen molar-refractivity contribution in [2.75, 3.05) is 20.0 Å². The van der Waals surface area contributed by atoms with Crippen molar-refractivity contribution in [2.24, 2.45) is 0 Å². The van der Waals surface area contributed by atoms with Gasteiger partial charge in [0.25, 0.3) is 0 Å². The fraction of sp³-hybridized carbons (Fsp3) is 0.241. The van der Waals surface area contributed by atoms with E-state index in [1.54, 1.807) is 54.8 Å². The number of nitrogens with zero attached hydrogens (tertiary/aromatic N) is 1. The molecule has 208 valence electrons. The Morgan fingerprint density at radius 2 is 1.57 bits per heavy atom. The van der Waals surface area contributed by atoms with Crippen molar-refractivity contribution in [1.29, 1.82) is 0 Å². The van der Waals surface area contributed by atoms with Gasteiger partial charge in [0.2, 0.25) is 6.79 Å². The molecule has 40 heavy (non-hydrogen) atoms. The topological polar surface area (TPSA) is 85.2 Å². The molecule has 0 radical (unpaired) electrons. The standard InChI is InChI=1S/C29H24F3NO7/c1-3-36-26(34)15-23-27(28(35)37-4-2)21-14-20(40-19-8-5-17(6-9-19)29(30,31)32)10-11-22(21)33(23)18-7-12-24-25(13-18)39-16-38-24/h5-14H,3-4,15-16H2,1-2H3. The minimum Gasteiger partial charge on any atom is -0.466 e. The molecule has 8 nitrogen and oxygen atoms in total. The molecule has 0 amide bonds. The van der Waals surface area contributed by atoms with Crippen LogP contribution in [0.5, 0.6) is 23.0 Å². The number of carbonyl (C=O) groups is 2. The summed E-state index contributed by atoms with van der Waals surface area (Å²) in [4.78, 5) is 25.9. The van der Waals surface area contributed by atoms with Gasteiger partial charge in [0.15, 0.2) is 11.5 Å². The molecular formula is C29H24F3NO7. The van der Waals surface area contributed by atoms with Gasteiger partial charge in [0, 0.05) is 22.8 Å². The van der Waals surface area contributed by atoms with E-state index in [0.717, 1.165) is 12.1 Å². The van der Waals surface area contributed by atoms with Crippen LogP contribution >= 0.6 is 0 Å². The molecule has 1 aliphatic rings. The average Bonchev–Trinajstić information content (AvgIpc) is 3.50. The predicted molar refractivity (Wildman–Crippen MR) is 137 cm³/mol. The second-order valence-electron chi connectivity index (χ2n) is 8.70. The van der Waals surface area contributed by atoms with E-state index in [2.05, 4.69) is 0 Å². The van der Waals surface area contributed by atoms with Crippen LogP contribution in [-0.4, -0.2) is 36.5 Å². The van der Waals surface area contributed by atoms with Gasteiger partial charge >= 0.3 is 18.1 Å². The van der Waals surface area contributed by atoms with Gasteiger partial charge in [-0.05, 0) is 68.4 Å². The molecule has 0 N–H and O–H groups in total. The van der Waals surface area contributed by atoms with E-state index < -0.39 is 23.7 Å². The third-order valence-electron chi connectivity index (χ3n) is 6.17. The van der Waals surface area contributed by atoms with Crippen LogP contribution in [0.4, 0.5) is 13.2 Å². The highest BCUT2D eigenvalue weighted by atomic mass is 19.4. The van der Waals surface area contributed by atoms with Gasteiger partial charge in [-0.2, -0.15) is 13.2 Å². The van der Waals surface area contributed by atoms with Gasteiger partial charge in [-0.15, -0.1) is 0 Å². The predicted octanol–water partition coefficient (Wildman–Crippen LogP) is 6.45. The average molecular weight is 556 g/mol. The first kappa shape index (κ1) is 26.9. The number of rotatable bonds is 8. The second kappa shape index (κ2) is 10.8. The fourth-order valence-electron chi connectivity index (χ4n) is 4.50. The monoisotopic (exact) mass is 555 g/mol. The maximum atomic E-state index is 13.3. The molecule has 11 heteroatoms. The van der Waals surface area contributed by atoms with Crippen LogP contribution in [0, 0.1) is 0 Å². The molecule has 0 unspecified atom stereocenters. The van der Waals surface area contributed by atoms with Crippen molar-refractivity contribution in [3.05, 3.63) is 77.5 Å². The first-order valence-corrected chi connectivity index (χ1v) is 12.4. The van der Waals surface area contributed by atoms with E-state index in [9.17, 15) is 22.8 Å². The lowest BCUT2D eigenvalue weighted by atomic mass is 10.1. The number of carbonyl (C=O) groups excluding carboxylic acids is 2. The number of fused-ring (bicyclic) bond motifs is 2. The highest BCUT2D eigenvalue weighted by molar-refractivity contribution is 6.08. The van der Waals surface area contributed by atoms with E-state index in [0.29, 0.717) is 33.8 Å². The minimum atomic E-state index is -4.47. The molecule has 2 heterocycles. The first-order valence-electron chi connectivity index (χ1n) is 12.4. The molecule has 0 bridgehead atoms. The van der Waals surface area contributed by atoms with Crippen molar-refractivity contribution in [2.45, 2.75) is 26.4 Å². The zero-order chi connectivity index (χ0) is 28.4. The molecule has 0 saturated heterocycles. The van der Waals surface area contributed by atoms with Crippen LogP contribution < -0.4 is 14.2 Å². The maximum absolute atomic E-state index is 13.3. The highest BCUT2D eigenvalue weighted by Gasteiger charge is 2.30. The van der Waals surface area contributed by atoms with E-state index in [-0.39, 0.29) is 43.5 Å². The molecular weight excluding hydrogens is 531 g/mol. The summed E-state index contributed by atoms with van der Waals surface area (Å²) in [5.74, 6) is 0.304. The summed E-state index contributed by atoms with van der Waals surface area (Å²) in [5.41, 5.74) is 0.823. The van der Waals surface area contributed by atoms with E-state index in [4.69, 9.17) is 23.7 Å². The Kier molecular flexibility index (Phi) is 7.29. The van der Waals surface area contributed by atoms with Crippen LogP contribution in [0.1, 0.15) is 35.5 Å². The smallest absolute Gasteiger partial charge is 0.416 e. The van der Waals surface area contributed by atoms with Gasteiger partial charge in [-0.1, -0.05) is 0 Å². The number of esters is 2. The Hall–Kier alpha value is -4.67. The Morgan fingerprint density at radius 3 is 2.27 bits per heavy atom. The summed E-state index contributed by atoms with van der Waals surface area (Å²) in [6.07, 6.45) is -4.71. The summed E-state index contributed by atoms with van der Waals surface area (Å²) in [7, 11) is 0. The lowest BCUT2D eigenvalue weighted by Crippen LogP contribution is -2.15. The molecule has 0 spiro atoms. The third-order valence-corrected chi connectivity index (χ3v) is 6.17. The second-order valence-corrected chi connectivity index (χ2v) is 8.70. The Balaban J connectivity index is 1.66. The number of ether oxygens (including phenoxy) is 5. The normalized spacial score (nSPS) is 12.4. The van der Waals surface area contributed by atoms with Crippen LogP contribution in [0.3, 0.4) is 0 Å². The quantitative estimate of drug-likeness (QED) is 0.231. The number of halogens is 3. The van der Waals surface area contributed by atoms with E-state index >= 15 is 0 Å². The zero-order valence-corrected chi connectivity index (χ0v) is 21.5. The van der Waals surface area contributed by atoms with Gasteiger partial charge in [0.05, 0.1) is 36.3 Å². The van der Waals surface area contributed by atoms with Crippen LogP contribution in [0.25, 0.3) is 16.6 Å². The maximum Gasteiger partial charge on any atom is 0.416 e. The van der Waals surface area contributed by atoms with Gasteiger partial charge in [0.1, 0.15) is 11.5 Å².